The molecule has 0 radical (unpaired) electrons. The molecule has 2 heterocycles. The first kappa shape index (κ1) is 13.0. The van der Waals surface area contributed by atoms with Crippen LogP contribution in [0.25, 0.3) is 0 Å². The highest BCUT2D eigenvalue weighted by molar-refractivity contribution is 5.56. The summed E-state index contributed by atoms with van der Waals surface area (Å²) < 4.78 is 0. The second kappa shape index (κ2) is 5.96. The summed E-state index contributed by atoms with van der Waals surface area (Å²) in [5, 5.41) is 3.47. The maximum atomic E-state index is 3.47. The number of hydrogen-bond acceptors (Lipinski definition) is 2. The maximum Gasteiger partial charge on any atom is 0.0401 e. The third kappa shape index (κ3) is 2.94. The Balaban J connectivity index is 1.59. The van der Waals surface area contributed by atoms with Gasteiger partial charge in [-0.2, -0.15) is 0 Å². The first-order chi connectivity index (χ1) is 9.34. The number of fused-ring (bicyclic) bond motifs is 1. The summed E-state index contributed by atoms with van der Waals surface area (Å²) in [4.78, 5) is 2.64. The van der Waals surface area contributed by atoms with Gasteiger partial charge in [0, 0.05) is 18.3 Å². The van der Waals surface area contributed by atoms with Crippen LogP contribution in [0, 0.1) is 5.92 Å². The molecular formula is C17H26N2. The quantitative estimate of drug-likeness (QED) is 0.892. The molecule has 0 bridgehead atoms. The molecule has 0 aliphatic carbocycles. The van der Waals surface area contributed by atoms with Crippen LogP contribution in [0.15, 0.2) is 24.3 Å². The molecular weight excluding hydrogens is 232 g/mol. The van der Waals surface area contributed by atoms with E-state index in [1.165, 1.54) is 57.4 Å². The van der Waals surface area contributed by atoms with Gasteiger partial charge in [0.05, 0.1) is 0 Å². The van der Waals surface area contributed by atoms with E-state index in [0.29, 0.717) is 6.04 Å². The Morgan fingerprint density at radius 2 is 2.16 bits per heavy atom. The normalized spacial score (nSPS) is 26.5. The van der Waals surface area contributed by atoms with Gasteiger partial charge in [-0.25, -0.2) is 0 Å². The van der Waals surface area contributed by atoms with Crippen LogP contribution < -0.4 is 10.2 Å². The fraction of sp³-hybridized carbons (Fsp3) is 0.647. The smallest absolute Gasteiger partial charge is 0.0401 e. The Labute approximate surface area is 117 Å². The second-order valence-electron chi connectivity index (χ2n) is 6.21. The van der Waals surface area contributed by atoms with Crippen molar-refractivity contribution >= 4 is 5.69 Å². The SMILES string of the molecule is CC1CCc2ccccc2N1CCCC1CCNC1. The van der Waals surface area contributed by atoms with E-state index in [1.54, 1.807) is 5.56 Å². The van der Waals surface area contributed by atoms with Gasteiger partial charge < -0.3 is 10.2 Å². The average molecular weight is 258 g/mol. The van der Waals surface area contributed by atoms with Gasteiger partial charge in [-0.3, -0.25) is 0 Å². The maximum absolute atomic E-state index is 3.47. The summed E-state index contributed by atoms with van der Waals surface area (Å²) in [7, 11) is 0. The molecule has 19 heavy (non-hydrogen) atoms. The zero-order chi connectivity index (χ0) is 13.1. The summed E-state index contributed by atoms with van der Waals surface area (Å²) >= 11 is 0. The van der Waals surface area contributed by atoms with E-state index in [0.717, 1.165) is 5.92 Å². The van der Waals surface area contributed by atoms with Crippen LogP contribution in [0.5, 0.6) is 0 Å². The number of nitrogens with one attached hydrogen (secondary N) is 1. The third-order valence-electron chi connectivity index (χ3n) is 4.84. The lowest BCUT2D eigenvalue weighted by Crippen LogP contribution is -2.38. The molecule has 0 amide bonds. The molecule has 0 aromatic heterocycles. The summed E-state index contributed by atoms with van der Waals surface area (Å²) in [5.74, 6) is 0.926. The van der Waals surface area contributed by atoms with E-state index >= 15 is 0 Å². The van der Waals surface area contributed by atoms with Crippen LogP contribution in [0.1, 0.15) is 38.2 Å². The van der Waals surface area contributed by atoms with E-state index < -0.39 is 0 Å². The molecule has 1 aromatic carbocycles. The second-order valence-corrected chi connectivity index (χ2v) is 6.21. The minimum Gasteiger partial charge on any atom is -0.369 e. The topological polar surface area (TPSA) is 15.3 Å². The van der Waals surface area contributed by atoms with Gasteiger partial charge in [-0.05, 0) is 69.7 Å². The number of nitrogens with zero attached hydrogens (tertiary/aromatic N) is 1. The van der Waals surface area contributed by atoms with Crippen LogP contribution in [-0.2, 0) is 6.42 Å². The predicted octanol–water partition coefficient (Wildman–Crippen LogP) is 3.22. The number of rotatable bonds is 4. The molecule has 2 unspecified atom stereocenters. The fourth-order valence-electron chi connectivity index (χ4n) is 3.61. The molecule has 2 nitrogen and oxygen atoms in total. The van der Waals surface area contributed by atoms with Crippen LogP contribution >= 0.6 is 0 Å². The van der Waals surface area contributed by atoms with Gasteiger partial charge in [-0.1, -0.05) is 18.2 Å². The number of anilines is 1. The molecule has 104 valence electrons. The highest BCUT2D eigenvalue weighted by Crippen LogP contribution is 2.30. The molecule has 0 spiro atoms. The van der Waals surface area contributed by atoms with Crippen LogP contribution in [-0.4, -0.2) is 25.7 Å². The molecule has 0 saturated carbocycles. The zero-order valence-corrected chi connectivity index (χ0v) is 12.1. The molecule has 2 aliphatic heterocycles. The Kier molecular flexibility index (Phi) is 4.07. The summed E-state index contributed by atoms with van der Waals surface area (Å²) in [6, 6.07) is 9.68. The van der Waals surface area contributed by atoms with Crippen molar-refractivity contribution in [3.8, 4) is 0 Å². The summed E-state index contributed by atoms with van der Waals surface area (Å²) in [6.45, 7) is 6.08. The Morgan fingerprint density at radius 1 is 1.26 bits per heavy atom. The van der Waals surface area contributed by atoms with Crippen molar-refractivity contribution in [1.29, 1.82) is 0 Å². The summed E-state index contributed by atoms with van der Waals surface area (Å²) in [6.07, 6.45) is 6.66. The lowest BCUT2D eigenvalue weighted by molar-refractivity contribution is 0.484. The number of aryl methyl sites for hydroxylation is 1. The number of hydrogen-bond donors (Lipinski definition) is 1. The zero-order valence-electron chi connectivity index (χ0n) is 12.1. The first-order valence-corrected chi connectivity index (χ1v) is 7.90. The lowest BCUT2D eigenvalue weighted by Gasteiger charge is -2.37. The van der Waals surface area contributed by atoms with Crippen molar-refractivity contribution in [3.05, 3.63) is 29.8 Å². The highest BCUT2D eigenvalue weighted by atomic mass is 15.2. The van der Waals surface area contributed by atoms with Crippen LogP contribution in [0.4, 0.5) is 5.69 Å². The van der Waals surface area contributed by atoms with E-state index in [1.807, 2.05) is 0 Å². The van der Waals surface area contributed by atoms with E-state index in [2.05, 4.69) is 41.4 Å². The average Bonchev–Trinajstić information content (AvgIpc) is 2.94. The van der Waals surface area contributed by atoms with Gasteiger partial charge in [-0.15, -0.1) is 0 Å². The van der Waals surface area contributed by atoms with Gasteiger partial charge in [0.15, 0.2) is 0 Å². The largest absolute Gasteiger partial charge is 0.369 e. The molecule has 1 saturated heterocycles. The molecule has 1 N–H and O–H groups in total. The van der Waals surface area contributed by atoms with Gasteiger partial charge >= 0.3 is 0 Å². The number of para-hydroxylation sites is 1. The monoisotopic (exact) mass is 258 g/mol. The Hall–Kier alpha value is -1.02. The Bertz CT molecular complexity index is 409. The van der Waals surface area contributed by atoms with E-state index in [-0.39, 0.29) is 0 Å². The van der Waals surface area contributed by atoms with Gasteiger partial charge in [0.1, 0.15) is 0 Å². The summed E-state index contributed by atoms with van der Waals surface area (Å²) in [5.41, 5.74) is 3.04. The van der Waals surface area contributed by atoms with Crippen molar-refractivity contribution < 1.29 is 0 Å². The Morgan fingerprint density at radius 3 is 3.00 bits per heavy atom. The van der Waals surface area contributed by atoms with E-state index in [9.17, 15) is 0 Å². The fourth-order valence-corrected chi connectivity index (χ4v) is 3.61. The highest BCUT2D eigenvalue weighted by Gasteiger charge is 2.22. The van der Waals surface area contributed by atoms with Crippen molar-refractivity contribution in [1.82, 2.24) is 5.32 Å². The predicted molar refractivity (Wildman–Crippen MR) is 81.8 cm³/mol. The molecule has 2 aliphatic rings. The van der Waals surface area contributed by atoms with Crippen molar-refractivity contribution in [2.75, 3.05) is 24.5 Å². The van der Waals surface area contributed by atoms with Gasteiger partial charge in [0.2, 0.25) is 0 Å². The van der Waals surface area contributed by atoms with Crippen molar-refractivity contribution in [2.24, 2.45) is 5.92 Å². The van der Waals surface area contributed by atoms with Crippen molar-refractivity contribution in [2.45, 2.75) is 45.1 Å². The minimum atomic E-state index is 0.705. The number of benzene rings is 1. The van der Waals surface area contributed by atoms with Gasteiger partial charge in [0.25, 0.3) is 0 Å². The molecule has 2 heteroatoms. The first-order valence-electron chi connectivity index (χ1n) is 7.90. The van der Waals surface area contributed by atoms with E-state index in [4.69, 9.17) is 0 Å². The van der Waals surface area contributed by atoms with Crippen LogP contribution in [0.3, 0.4) is 0 Å². The van der Waals surface area contributed by atoms with Crippen LogP contribution in [0.2, 0.25) is 0 Å². The lowest BCUT2D eigenvalue weighted by atomic mass is 9.95. The molecule has 1 aromatic rings. The standard InChI is InChI=1S/C17H26N2/c1-14-8-9-16-6-2-3-7-17(16)19(14)12-4-5-15-10-11-18-13-15/h2-3,6-7,14-15,18H,4-5,8-13H2,1H3. The molecule has 3 rings (SSSR count). The third-order valence-corrected chi connectivity index (χ3v) is 4.84. The minimum absolute atomic E-state index is 0.705. The molecule has 2 atom stereocenters. The van der Waals surface area contributed by atoms with Crippen molar-refractivity contribution in [3.63, 3.8) is 0 Å². The molecule has 1 fully saturated rings.